The van der Waals surface area contributed by atoms with Gasteiger partial charge in [-0.2, -0.15) is 15.0 Å². The molecule has 1 aliphatic rings. The van der Waals surface area contributed by atoms with Crippen LogP contribution in [0.5, 0.6) is 0 Å². The maximum atomic E-state index is 4.68. The van der Waals surface area contributed by atoms with E-state index in [1.807, 2.05) is 12.1 Å². The summed E-state index contributed by atoms with van der Waals surface area (Å²) < 4.78 is 0. The van der Waals surface area contributed by atoms with Crippen LogP contribution >= 0.6 is 12.4 Å². The third-order valence-electron chi connectivity index (χ3n) is 4.76. The fourth-order valence-corrected chi connectivity index (χ4v) is 3.56. The van der Waals surface area contributed by atoms with Gasteiger partial charge in [0.2, 0.25) is 17.8 Å². The van der Waals surface area contributed by atoms with Gasteiger partial charge in [-0.1, -0.05) is 18.2 Å². The van der Waals surface area contributed by atoms with Crippen LogP contribution in [0.2, 0.25) is 0 Å². The van der Waals surface area contributed by atoms with E-state index in [1.165, 1.54) is 29.5 Å². The van der Waals surface area contributed by atoms with Crippen LogP contribution in [0.15, 0.2) is 42.5 Å². The average molecular weight is 411 g/mol. The number of benzene rings is 2. The molecule has 1 aromatic heterocycles. The second-order valence-electron chi connectivity index (χ2n) is 7.47. The van der Waals surface area contributed by atoms with Crippen LogP contribution in [-0.4, -0.2) is 28.0 Å². The summed E-state index contributed by atoms with van der Waals surface area (Å²) in [6.07, 6.45) is 2.35. The molecule has 3 aromatic rings. The molecular formula is C22H27ClN6. The van der Waals surface area contributed by atoms with Crippen LogP contribution in [0.1, 0.15) is 29.5 Å². The summed E-state index contributed by atoms with van der Waals surface area (Å²) in [7, 11) is 0. The molecule has 2 heterocycles. The Morgan fingerprint density at radius 1 is 0.724 bits per heavy atom. The van der Waals surface area contributed by atoms with E-state index in [0.29, 0.717) is 11.9 Å². The summed E-state index contributed by atoms with van der Waals surface area (Å²) in [4.78, 5) is 16.2. The van der Waals surface area contributed by atoms with E-state index >= 15 is 0 Å². The van der Waals surface area contributed by atoms with Gasteiger partial charge >= 0.3 is 0 Å². The summed E-state index contributed by atoms with van der Waals surface area (Å²) in [5.41, 5.74) is 5.55. The minimum atomic E-state index is 0. The molecule has 0 saturated carbocycles. The number of anilines is 5. The molecule has 1 fully saturated rings. The molecule has 0 bridgehead atoms. The Bertz CT molecular complexity index is 965. The largest absolute Gasteiger partial charge is 0.341 e. The highest BCUT2D eigenvalue weighted by molar-refractivity contribution is 5.85. The van der Waals surface area contributed by atoms with E-state index in [0.717, 1.165) is 30.4 Å². The van der Waals surface area contributed by atoms with E-state index in [4.69, 9.17) is 0 Å². The predicted octanol–water partition coefficient (Wildman–Crippen LogP) is 5.31. The number of hydrogen-bond donors (Lipinski definition) is 2. The highest BCUT2D eigenvalue weighted by atomic mass is 35.5. The van der Waals surface area contributed by atoms with Crippen molar-refractivity contribution in [2.24, 2.45) is 0 Å². The highest BCUT2D eigenvalue weighted by Gasteiger charge is 2.18. The van der Waals surface area contributed by atoms with Crippen LogP contribution in [0.4, 0.5) is 29.2 Å². The van der Waals surface area contributed by atoms with E-state index in [2.05, 4.69) is 81.6 Å². The van der Waals surface area contributed by atoms with Gasteiger partial charge in [-0.15, -0.1) is 12.4 Å². The topological polar surface area (TPSA) is 66.0 Å². The molecule has 0 atom stereocenters. The second-order valence-corrected chi connectivity index (χ2v) is 7.47. The number of nitrogens with one attached hydrogen (secondary N) is 2. The third kappa shape index (κ3) is 5.35. The Kier molecular flexibility index (Phi) is 6.54. The maximum Gasteiger partial charge on any atom is 0.233 e. The normalized spacial score (nSPS) is 13.1. The minimum absolute atomic E-state index is 0. The lowest BCUT2D eigenvalue weighted by Crippen LogP contribution is -2.21. The molecule has 0 amide bonds. The first-order valence-corrected chi connectivity index (χ1v) is 9.75. The van der Waals surface area contributed by atoms with Crippen LogP contribution in [0.25, 0.3) is 0 Å². The summed E-state index contributed by atoms with van der Waals surface area (Å²) in [6.45, 7) is 8.22. The van der Waals surface area contributed by atoms with Crippen molar-refractivity contribution in [3.05, 3.63) is 59.2 Å². The van der Waals surface area contributed by atoms with Crippen molar-refractivity contribution < 1.29 is 0 Å². The molecule has 4 rings (SSSR count). The van der Waals surface area contributed by atoms with Gasteiger partial charge < -0.3 is 15.5 Å². The number of nitrogens with zero attached hydrogens (tertiary/aromatic N) is 4. The summed E-state index contributed by atoms with van der Waals surface area (Å²) >= 11 is 0. The monoisotopic (exact) mass is 410 g/mol. The molecule has 1 aliphatic heterocycles. The number of rotatable bonds is 5. The lowest BCUT2D eigenvalue weighted by atomic mass is 10.1. The molecule has 0 aliphatic carbocycles. The van der Waals surface area contributed by atoms with Crippen molar-refractivity contribution in [3.63, 3.8) is 0 Å². The van der Waals surface area contributed by atoms with Gasteiger partial charge in [-0.05, 0) is 74.6 Å². The zero-order valence-electron chi connectivity index (χ0n) is 17.1. The number of aryl methyl sites for hydroxylation is 3. The Hall–Kier alpha value is -2.86. The van der Waals surface area contributed by atoms with Gasteiger partial charge in [-0.3, -0.25) is 0 Å². The van der Waals surface area contributed by atoms with Crippen molar-refractivity contribution in [1.82, 2.24) is 15.0 Å². The van der Waals surface area contributed by atoms with Crippen LogP contribution in [0, 0.1) is 20.8 Å². The summed E-state index contributed by atoms with van der Waals surface area (Å²) in [6, 6.07) is 14.5. The van der Waals surface area contributed by atoms with Crippen molar-refractivity contribution in [3.8, 4) is 0 Å². The molecule has 7 heteroatoms. The van der Waals surface area contributed by atoms with Gasteiger partial charge in [0.25, 0.3) is 0 Å². The van der Waals surface area contributed by atoms with Crippen LogP contribution < -0.4 is 15.5 Å². The fraction of sp³-hybridized carbons (Fsp3) is 0.318. The zero-order valence-corrected chi connectivity index (χ0v) is 17.9. The number of halogens is 1. The summed E-state index contributed by atoms with van der Waals surface area (Å²) in [5.74, 6) is 1.82. The first kappa shape index (κ1) is 20.9. The highest BCUT2D eigenvalue weighted by Crippen LogP contribution is 2.23. The van der Waals surface area contributed by atoms with E-state index in [-0.39, 0.29) is 12.4 Å². The van der Waals surface area contributed by atoms with E-state index < -0.39 is 0 Å². The van der Waals surface area contributed by atoms with Gasteiger partial charge in [0.15, 0.2) is 0 Å². The molecule has 29 heavy (non-hydrogen) atoms. The lowest BCUT2D eigenvalue weighted by Gasteiger charge is -2.17. The first-order chi connectivity index (χ1) is 13.5. The summed E-state index contributed by atoms with van der Waals surface area (Å²) in [5, 5.41) is 6.69. The minimum Gasteiger partial charge on any atom is -0.341 e. The standard InChI is InChI=1S/C22H26N6.ClH/c1-15-7-6-8-18(12-15)23-20-25-21(24-19-13-16(2)11-17(3)14-19)27-22(26-20)28-9-4-5-10-28;/h6-8,11-14H,4-5,9-10H2,1-3H3,(H2,23,24,25,26,27);1H. The molecule has 0 unspecified atom stereocenters. The smallest absolute Gasteiger partial charge is 0.233 e. The second kappa shape index (κ2) is 9.09. The van der Waals surface area contributed by atoms with Gasteiger partial charge in [-0.25, -0.2) is 0 Å². The molecule has 0 radical (unpaired) electrons. The third-order valence-corrected chi connectivity index (χ3v) is 4.76. The van der Waals surface area contributed by atoms with Gasteiger partial charge in [0, 0.05) is 24.5 Å². The Morgan fingerprint density at radius 3 is 1.93 bits per heavy atom. The maximum absolute atomic E-state index is 4.68. The SMILES string of the molecule is Cc1cccc(Nc2nc(Nc3cc(C)cc(C)c3)nc(N3CCCC3)n2)c1.Cl. The molecule has 1 saturated heterocycles. The quantitative estimate of drug-likeness (QED) is 0.594. The van der Waals surface area contributed by atoms with E-state index in [1.54, 1.807) is 0 Å². The number of aromatic nitrogens is 3. The van der Waals surface area contributed by atoms with Crippen LogP contribution in [0.3, 0.4) is 0 Å². The van der Waals surface area contributed by atoms with Crippen molar-refractivity contribution in [1.29, 1.82) is 0 Å². The fourth-order valence-electron chi connectivity index (χ4n) is 3.56. The Morgan fingerprint density at radius 2 is 1.31 bits per heavy atom. The van der Waals surface area contributed by atoms with Crippen molar-refractivity contribution >= 4 is 41.6 Å². The molecule has 152 valence electrons. The lowest BCUT2D eigenvalue weighted by molar-refractivity contribution is 0.886. The van der Waals surface area contributed by atoms with Gasteiger partial charge in [0.05, 0.1) is 0 Å². The molecule has 2 aromatic carbocycles. The predicted molar refractivity (Wildman–Crippen MR) is 122 cm³/mol. The average Bonchev–Trinajstić information content (AvgIpc) is 3.15. The Labute approximate surface area is 178 Å². The molecule has 0 spiro atoms. The first-order valence-electron chi connectivity index (χ1n) is 9.75. The van der Waals surface area contributed by atoms with Crippen LogP contribution in [-0.2, 0) is 0 Å². The van der Waals surface area contributed by atoms with Gasteiger partial charge in [0.1, 0.15) is 0 Å². The number of hydrogen-bond acceptors (Lipinski definition) is 6. The molecule has 6 nitrogen and oxygen atoms in total. The molecule has 2 N–H and O–H groups in total. The van der Waals surface area contributed by atoms with Crippen molar-refractivity contribution in [2.75, 3.05) is 28.6 Å². The zero-order chi connectivity index (χ0) is 19.5. The van der Waals surface area contributed by atoms with Crippen molar-refractivity contribution in [2.45, 2.75) is 33.6 Å². The Balaban J connectivity index is 0.00000240. The van der Waals surface area contributed by atoms with E-state index in [9.17, 15) is 0 Å². The molecular weight excluding hydrogens is 384 g/mol.